The second kappa shape index (κ2) is 6.06. The fraction of sp³-hybridized carbons (Fsp3) is 0.588. The standard InChI is InChI=1S/C17H23NO3/c1-12-11-21-15-5-3-2-4-14(15)17(12)18-8-6-13(7-9-18)10-16(19)20/h2-5,12-13,17H,6-11H2,1H3,(H,19,20). The molecule has 1 N–H and O–H groups in total. The van der Waals surface area contributed by atoms with Gasteiger partial charge in [0.05, 0.1) is 6.61 Å². The van der Waals surface area contributed by atoms with Gasteiger partial charge >= 0.3 is 5.97 Å². The molecule has 21 heavy (non-hydrogen) atoms. The minimum atomic E-state index is -0.668. The van der Waals surface area contributed by atoms with Crippen molar-refractivity contribution in [1.29, 1.82) is 0 Å². The zero-order valence-corrected chi connectivity index (χ0v) is 12.5. The fourth-order valence-corrected chi connectivity index (χ4v) is 3.71. The zero-order chi connectivity index (χ0) is 14.8. The molecule has 0 aromatic heterocycles. The van der Waals surface area contributed by atoms with E-state index >= 15 is 0 Å². The van der Waals surface area contributed by atoms with Crippen molar-refractivity contribution in [2.75, 3.05) is 19.7 Å². The number of ether oxygens (including phenoxy) is 1. The molecule has 0 radical (unpaired) electrons. The van der Waals surface area contributed by atoms with Crippen molar-refractivity contribution >= 4 is 5.97 Å². The van der Waals surface area contributed by atoms with E-state index in [2.05, 4.69) is 24.0 Å². The average Bonchev–Trinajstić information content (AvgIpc) is 2.48. The number of piperidine rings is 1. The maximum Gasteiger partial charge on any atom is 0.303 e. The summed E-state index contributed by atoms with van der Waals surface area (Å²) >= 11 is 0. The van der Waals surface area contributed by atoms with Crippen molar-refractivity contribution < 1.29 is 14.6 Å². The molecule has 3 rings (SSSR count). The van der Waals surface area contributed by atoms with Crippen LogP contribution in [0.1, 0.15) is 37.8 Å². The van der Waals surface area contributed by atoms with Gasteiger partial charge in [-0.25, -0.2) is 0 Å². The predicted octanol–water partition coefficient (Wildman–Crippen LogP) is 2.94. The Morgan fingerprint density at radius 1 is 1.33 bits per heavy atom. The molecule has 0 bridgehead atoms. The summed E-state index contributed by atoms with van der Waals surface area (Å²) in [6.45, 7) is 4.98. The topological polar surface area (TPSA) is 49.8 Å². The number of hydrogen-bond donors (Lipinski definition) is 1. The SMILES string of the molecule is CC1COc2ccccc2C1N1CCC(CC(=O)O)CC1. The number of rotatable bonds is 3. The van der Waals surface area contributed by atoms with Crippen molar-refractivity contribution in [2.45, 2.75) is 32.2 Å². The summed E-state index contributed by atoms with van der Waals surface area (Å²) in [5.74, 6) is 1.14. The number of fused-ring (bicyclic) bond motifs is 1. The summed E-state index contributed by atoms with van der Waals surface area (Å²) in [5, 5.41) is 8.92. The van der Waals surface area contributed by atoms with Crippen LogP contribution >= 0.6 is 0 Å². The van der Waals surface area contributed by atoms with Gasteiger partial charge in [0.2, 0.25) is 0 Å². The maximum atomic E-state index is 10.8. The number of carbonyl (C=O) groups is 1. The van der Waals surface area contributed by atoms with Crippen molar-refractivity contribution in [3.05, 3.63) is 29.8 Å². The number of nitrogens with zero attached hydrogens (tertiary/aromatic N) is 1. The Morgan fingerprint density at radius 3 is 2.76 bits per heavy atom. The summed E-state index contributed by atoms with van der Waals surface area (Å²) in [7, 11) is 0. The monoisotopic (exact) mass is 289 g/mol. The Morgan fingerprint density at radius 2 is 2.05 bits per heavy atom. The Kier molecular flexibility index (Phi) is 4.15. The van der Waals surface area contributed by atoms with Crippen LogP contribution in [0, 0.1) is 11.8 Å². The van der Waals surface area contributed by atoms with Gasteiger partial charge in [-0.3, -0.25) is 9.69 Å². The van der Waals surface area contributed by atoms with E-state index in [1.165, 1.54) is 5.56 Å². The van der Waals surface area contributed by atoms with Crippen LogP contribution in [0.2, 0.25) is 0 Å². The smallest absolute Gasteiger partial charge is 0.303 e. The molecule has 1 aromatic carbocycles. The lowest BCUT2D eigenvalue weighted by Gasteiger charge is -2.42. The summed E-state index contributed by atoms with van der Waals surface area (Å²) < 4.78 is 5.83. The number of likely N-dealkylation sites (tertiary alicyclic amines) is 1. The highest BCUT2D eigenvalue weighted by molar-refractivity contribution is 5.67. The number of para-hydroxylation sites is 1. The molecule has 2 heterocycles. The van der Waals surface area contributed by atoms with Crippen molar-refractivity contribution in [2.24, 2.45) is 11.8 Å². The second-order valence-corrected chi connectivity index (χ2v) is 6.35. The third-order valence-corrected chi connectivity index (χ3v) is 4.78. The van der Waals surface area contributed by atoms with E-state index in [9.17, 15) is 4.79 Å². The maximum absolute atomic E-state index is 10.8. The molecule has 4 nitrogen and oxygen atoms in total. The molecule has 2 atom stereocenters. The highest BCUT2D eigenvalue weighted by atomic mass is 16.5. The summed E-state index contributed by atoms with van der Waals surface area (Å²) in [6, 6.07) is 8.71. The van der Waals surface area contributed by atoms with Gasteiger partial charge in [-0.15, -0.1) is 0 Å². The Hall–Kier alpha value is -1.55. The van der Waals surface area contributed by atoms with Crippen LogP contribution in [0.25, 0.3) is 0 Å². The largest absolute Gasteiger partial charge is 0.493 e. The summed E-state index contributed by atoms with van der Waals surface area (Å²) in [6.07, 6.45) is 2.28. The first-order valence-corrected chi connectivity index (χ1v) is 7.82. The van der Waals surface area contributed by atoms with Crippen LogP contribution in [-0.4, -0.2) is 35.7 Å². The van der Waals surface area contributed by atoms with Gasteiger partial charge in [0.1, 0.15) is 5.75 Å². The van der Waals surface area contributed by atoms with Crippen LogP contribution < -0.4 is 4.74 Å². The lowest BCUT2D eigenvalue weighted by atomic mass is 9.86. The molecule has 114 valence electrons. The molecule has 0 aliphatic carbocycles. The summed E-state index contributed by atoms with van der Waals surface area (Å²) in [5.41, 5.74) is 1.29. The predicted molar refractivity (Wildman–Crippen MR) is 80.4 cm³/mol. The minimum Gasteiger partial charge on any atom is -0.493 e. The molecule has 2 aliphatic rings. The second-order valence-electron chi connectivity index (χ2n) is 6.35. The van der Waals surface area contributed by atoms with E-state index in [0.717, 1.165) is 38.3 Å². The van der Waals surface area contributed by atoms with E-state index in [-0.39, 0.29) is 0 Å². The van der Waals surface area contributed by atoms with Gasteiger partial charge in [-0.2, -0.15) is 0 Å². The van der Waals surface area contributed by atoms with Gasteiger partial charge in [0.25, 0.3) is 0 Å². The van der Waals surface area contributed by atoms with Crippen LogP contribution in [0.4, 0.5) is 0 Å². The normalized spacial score (nSPS) is 26.9. The molecular weight excluding hydrogens is 266 g/mol. The molecule has 0 spiro atoms. The first kappa shape index (κ1) is 14.4. The third kappa shape index (κ3) is 3.05. The van der Waals surface area contributed by atoms with Crippen molar-refractivity contribution in [3.8, 4) is 5.75 Å². The average molecular weight is 289 g/mol. The van der Waals surface area contributed by atoms with Crippen LogP contribution in [0.3, 0.4) is 0 Å². The molecule has 1 fully saturated rings. The van der Waals surface area contributed by atoms with E-state index in [1.54, 1.807) is 0 Å². The van der Waals surface area contributed by atoms with E-state index < -0.39 is 5.97 Å². The molecular formula is C17H23NO3. The lowest BCUT2D eigenvalue weighted by molar-refractivity contribution is -0.138. The molecule has 4 heteroatoms. The van der Waals surface area contributed by atoms with E-state index in [1.807, 2.05) is 12.1 Å². The van der Waals surface area contributed by atoms with Gasteiger partial charge in [0, 0.05) is 23.9 Å². The first-order chi connectivity index (χ1) is 10.1. The summed E-state index contributed by atoms with van der Waals surface area (Å²) in [4.78, 5) is 13.4. The first-order valence-electron chi connectivity index (χ1n) is 7.82. The fourth-order valence-electron chi connectivity index (χ4n) is 3.71. The highest BCUT2D eigenvalue weighted by Crippen LogP contribution is 2.40. The van der Waals surface area contributed by atoms with Crippen LogP contribution in [0.5, 0.6) is 5.75 Å². The quantitative estimate of drug-likeness (QED) is 0.929. The highest BCUT2D eigenvalue weighted by Gasteiger charge is 2.34. The number of carboxylic acid groups (broad SMARTS) is 1. The van der Waals surface area contributed by atoms with Gasteiger partial charge in [-0.05, 0) is 37.9 Å². The van der Waals surface area contributed by atoms with E-state index in [0.29, 0.717) is 24.3 Å². The molecule has 0 saturated carbocycles. The van der Waals surface area contributed by atoms with Crippen LogP contribution in [-0.2, 0) is 4.79 Å². The third-order valence-electron chi connectivity index (χ3n) is 4.78. The molecule has 1 aromatic rings. The molecule has 1 saturated heterocycles. The Balaban J connectivity index is 1.71. The number of carboxylic acids is 1. The van der Waals surface area contributed by atoms with Crippen LogP contribution in [0.15, 0.2) is 24.3 Å². The van der Waals surface area contributed by atoms with E-state index in [4.69, 9.17) is 9.84 Å². The molecule has 0 amide bonds. The lowest BCUT2D eigenvalue weighted by Crippen LogP contribution is -2.42. The van der Waals surface area contributed by atoms with Gasteiger partial charge in [-0.1, -0.05) is 25.1 Å². The van der Waals surface area contributed by atoms with Gasteiger partial charge < -0.3 is 9.84 Å². The number of aliphatic carboxylic acids is 1. The van der Waals surface area contributed by atoms with Crippen molar-refractivity contribution in [3.63, 3.8) is 0 Å². The van der Waals surface area contributed by atoms with Crippen molar-refractivity contribution in [1.82, 2.24) is 4.90 Å². The number of benzene rings is 1. The Labute approximate surface area is 125 Å². The Bertz CT molecular complexity index is 509. The molecule has 2 unspecified atom stereocenters. The number of hydrogen-bond acceptors (Lipinski definition) is 3. The molecule has 2 aliphatic heterocycles. The van der Waals surface area contributed by atoms with Gasteiger partial charge in [0.15, 0.2) is 0 Å². The zero-order valence-electron chi connectivity index (χ0n) is 12.5. The minimum absolute atomic E-state index is 0.313.